The highest BCUT2D eigenvalue weighted by Crippen LogP contribution is 2.19. The lowest BCUT2D eigenvalue weighted by molar-refractivity contribution is -0.124. The van der Waals surface area contributed by atoms with E-state index in [0.717, 1.165) is 12.8 Å². The summed E-state index contributed by atoms with van der Waals surface area (Å²) >= 11 is 0. The minimum Gasteiger partial charge on any atom is -0.368 e. The summed E-state index contributed by atoms with van der Waals surface area (Å²) < 4.78 is 0. The third-order valence-electron chi connectivity index (χ3n) is 4.00. The molecule has 4 nitrogen and oxygen atoms in total. The zero-order valence-corrected chi connectivity index (χ0v) is 13.1. The fourth-order valence-electron chi connectivity index (χ4n) is 2.34. The van der Waals surface area contributed by atoms with Crippen molar-refractivity contribution in [2.75, 3.05) is 14.1 Å². The van der Waals surface area contributed by atoms with Crippen molar-refractivity contribution in [2.45, 2.75) is 65.1 Å². The summed E-state index contributed by atoms with van der Waals surface area (Å²) in [6.45, 7) is 10.7. The maximum atomic E-state index is 11.5. The summed E-state index contributed by atoms with van der Waals surface area (Å²) in [4.78, 5) is 13.8. The van der Waals surface area contributed by atoms with Crippen LogP contribution < -0.4 is 11.1 Å². The van der Waals surface area contributed by atoms with Gasteiger partial charge in [0.2, 0.25) is 5.91 Å². The van der Waals surface area contributed by atoms with Crippen molar-refractivity contribution in [1.29, 1.82) is 0 Å². The van der Waals surface area contributed by atoms with Crippen LogP contribution in [0.25, 0.3) is 0 Å². The van der Waals surface area contributed by atoms with Gasteiger partial charge in [-0.3, -0.25) is 4.79 Å². The van der Waals surface area contributed by atoms with E-state index in [9.17, 15) is 4.79 Å². The van der Waals surface area contributed by atoms with Gasteiger partial charge in [-0.05, 0) is 53.6 Å². The molecule has 0 rings (SSSR count). The largest absolute Gasteiger partial charge is 0.368 e. The quantitative estimate of drug-likeness (QED) is 0.694. The number of primary amides is 1. The number of likely N-dealkylation sites (N-methyl/N-ethyl adjacent to an activating group) is 1. The molecule has 4 heteroatoms. The Morgan fingerprint density at radius 2 is 1.78 bits per heavy atom. The molecule has 0 aromatic carbocycles. The average Bonchev–Trinajstić information content (AvgIpc) is 2.26. The van der Waals surface area contributed by atoms with Crippen LogP contribution in [0.15, 0.2) is 0 Å². The van der Waals surface area contributed by atoms with Crippen LogP contribution in [-0.2, 0) is 4.79 Å². The SMILES string of the molecule is CNC(C)(CC(C)N(C)C(C)CC(C)C)C(N)=O. The molecular formula is C14H31N3O. The van der Waals surface area contributed by atoms with Crippen molar-refractivity contribution in [1.82, 2.24) is 10.2 Å². The first-order valence-corrected chi connectivity index (χ1v) is 6.84. The number of hydrogen-bond donors (Lipinski definition) is 2. The number of nitrogens with two attached hydrogens (primary N) is 1. The Morgan fingerprint density at radius 1 is 1.28 bits per heavy atom. The molecule has 3 atom stereocenters. The van der Waals surface area contributed by atoms with Crippen molar-refractivity contribution in [2.24, 2.45) is 11.7 Å². The van der Waals surface area contributed by atoms with Gasteiger partial charge in [-0.15, -0.1) is 0 Å². The van der Waals surface area contributed by atoms with Crippen LogP contribution in [0.2, 0.25) is 0 Å². The van der Waals surface area contributed by atoms with Crippen molar-refractivity contribution >= 4 is 5.91 Å². The van der Waals surface area contributed by atoms with Crippen molar-refractivity contribution in [3.63, 3.8) is 0 Å². The predicted octanol–water partition coefficient (Wildman–Crippen LogP) is 1.59. The van der Waals surface area contributed by atoms with Gasteiger partial charge in [-0.2, -0.15) is 0 Å². The summed E-state index contributed by atoms with van der Waals surface area (Å²) in [5.74, 6) is 0.392. The van der Waals surface area contributed by atoms with Crippen molar-refractivity contribution in [3.8, 4) is 0 Å². The molecule has 0 saturated carbocycles. The summed E-state index contributed by atoms with van der Waals surface area (Å²) in [5, 5.41) is 3.04. The van der Waals surface area contributed by atoms with E-state index in [0.29, 0.717) is 18.0 Å². The van der Waals surface area contributed by atoms with E-state index in [2.05, 4.69) is 45.0 Å². The number of carbonyl (C=O) groups excluding carboxylic acids is 1. The summed E-state index contributed by atoms with van der Waals surface area (Å²) in [6.07, 6.45) is 1.88. The van der Waals surface area contributed by atoms with E-state index in [1.807, 2.05) is 6.92 Å². The van der Waals surface area contributed by atoms with E-state index in [4.69, 9.17) is 5.73 Å². The molecule has 3 unspecified atom stereocenters. The second-order valence-corrected chi connectivity index (χ2v) is 6.14. The van der Waals surface area contributed by atoms with Gasteiger partial charge >= 0.3 is 0 Å². The highest BCUT2D eigenvalue weighted by molar-refractivity contribution is 5.84. The van der Waals surface area contributed by atoms with Gasteiger partial charge in [0.25, 0.3) is 0 Å². The van der Waals surface area contributed by atoms with Gasteiger partial charge in [0.1, 0.15) is 0 Å². The molecule has 1 amide bonds. The average molecular weight is 257 g/mol. The third-order valence-corrected chi connectivity index (χ3v) is 4.00. The van der Waals surface area contributed by atoms with Crippen molar-refractivity contribution in [3.05, 3.63) is 0 Å². The van der Waals surface area contributed by atoms with Crippen LogP contribution in [-0.4, -0.2) is 42.5 Å². The van der Waals surface area contributed by atoms with E-state index in [1.165, 1.54) is 0 Å². The molecule has 0 saturated heterocycles. The Labute approximate surface area is 112 Å². The molecule has 3 N–H and O–H groups in total. The lowest BCUT2D eigenvalue weighted by Gasteiger charge is -2.36. The van der Waals surface area contributed by atoms with Crippen molar-refractivity contribution < 1.29 is 4.79 Å². The minimum absolute atomic E-state index is 0.290. The number of amides is 1. The summed E-state index contributed by atoms with van der Waals surface area (Å²) in [5.41, 5.74) is 4.83. The Kier molecular flexibility index (Phi) is 6.86. The van der Waals surface area contributed by atoms with Crippen LogP contribution in [0.5, 0.6) is 0 Å². The van der Waals surface area contributed by atoms with Gasteiger partial charge in [0, 0.05) is 12.1 Å². The zero-order chi connectivity index (χ0) is 14.5. The second-order valence-electron chi connectivity index (χ2n) is 6.14. The van der Waals surface area contributed by atoms with E-state index >= 15 is 0 Å². The monoisotopic (exact) mass is 257 g/mol. The molecule has 0 aliphatic heterocycles. The Hall–Kier alpha value is -0.610. The molecule has 0 radical (unpaired) electrons. The van der Waals surface area contributed by atoms with Gasteiger partial charge in [-0.25, -0.2) is 0 Å². The Balaban J connectivity index is 4.55. The minimum atomic E-state index is -0.634. The topological polar surface area (TPSA) is 58.4 Å². The van der Waals surface area contributed by atoms with Crippen LogP contribution in [0.4, 0.5) is 0 Å². The summed E-state index contributed by atoms with van der Waals surface area (Å²) in [7, 11) is 3.91. The molecule has 0 heterocycles. The van der Waals surface area contributed by atoms with Crippen LogP contribution in [0.3, 0.4) is 0 Å². The number of hydrogen-bond acceptors (Lipinski definition) is 3. The Morgan fingerprint density at radius 3 is 2.11 bits per heavy atom. The molecule has 0 spiro atoms. The van der Waals surface area contributed by atoms with Crippen LogP contribution in [0, 0.1) is 5.92 Å². The molecule has 0 fully saturated rings. The van der Waals surface area contributed by atoms with Crippen LogP contribution >= 0.6 is 0 Å². The third kappa shape index (κ3) is 4.94. The smallest absolute Gasteiger partial charge is 0.237 e. The van der Waals surface area contributed by atoms with Gasteiger partial charge in [0.15, 0.2) is 0 Å². The molecule has 0 aromatic rings. The first kappa shape index (κ1) is 17.4. The molecule has 18 heavy (non-hydrogen) atoms. The van der Waals surface area contributed by atoms with E-state index in [1.54, 1.807) is 7.05 Å². The number of carbonyl (C=O) groups is 1. The molecule has 0 aliphatic rings. The normalized spacial score (nSPS) is 18.7. The lowest BCUT2D eigenvalue weighted by Crippen LogP contribution is -2.55. The van der Waals surface area contributed by atoms with Crippen LogP contribution in [0.1, 0.15) is 47.5 Å². The molecule has 0 aromatic heterocycles. The first-order valence-electron chi connectivity index (χ1n) is 6.84. The zero-order valence-electron chi connectivity index (χ0n) is 13.1. The molecule has 108 valence electrons. The lowest BCUT2D eigenvalue weighted by atomic mass is 9.91. The Bertz CT molecular complexity index is 268. The maximum absolute atomic E-state index is 11.5. The molecule has 0 aliphatic carbocycles. The fraction of sp³-hybridized carbons (Fsp3) is 0.929. The van der Waals surface area contributed by atoms with E-state index < -0.39 is 5.54 Å². The standard InChI is InChI=1S/C14H31N3O/c1-10(2)8-11(3)17(7)12(4)9-14(5,16-6)13(15)18/h10-12,16H,8-9H2,1-7H3,(H2,15,18). The molecular weight excluding hydrogens is 226 g/mol. The maximum Gasteiger partial charge on any atom is 0.237 e. The predicted molar refractivity (Wildman–Crippen MR) is 77.4 cm³/mol. The van der Waals surface area contributed by atoms with Gasteiger partial charge < -0.3 is 16.0 Å². The second kappa shape index (κ2) is 7.10. The van der Waals surface area contributed by atoms with E-state index in [-0.39, 0.29) is 5.91 Å². The summed E-state index contributed by atoms with van der Waals surface area (Å²) in [6, 6.07) is 0.817. The van der Waals surface area contributed by atoms with Gasteiger partial charge in [-0.1, -0.05) is 13.8 Å². The molecule has 0 bridgehead atoms. The first-order chi connectivity index (χ1) is 8.14. The number of rotatable bonds is 8. The number of nitrogens with zero attached hydrogens (tertiary/aromatic N) is 1. The fourth-order valence-corrected chi connectivity index (χ4v) is 2.34. The highest BCUT2D eigenvalue weighted by Gasteiger charge is 2.32. The highest BCUT2D eigenvalue weighted by atomic mass is 16.1. The van der Waals surface area contributed by atoms with Gasteiger partial charge in [0.05, 0.1) is 5.54 Å². The number of nitrogens with one attached hydrogen (secondary N) is 1.